The number of nitrogens with zero attached hydrogens (tertiary/aromatic N) is 2. The van der Waals surface area contributed by atoms with Crippen LogP contribution in [0, 0.1) is 11.8 Å². The van der Waals surface area contributed by atoms with Crippen molar-refractivity contribution in [3.05, 3.63) is 62.8 Å². The molecular formula is C30H34BrN3S2. The van der Waals surface area contributed by atoms with Gasteiger partial charge in [0.25, 0.3) is 0 Å². The van der Waals surface area contributed by atoms with Gasteiger partial charge in [0.05, 0.1) is 0 Å². The molecular weight excluding hydrogens is 546 g/mol. The second kappa shape index (κ2) is 8.54. The Hall–Kier alpha value is -1.44. The molecule has 2 aliphatic carbocycles. The predicted molar refractivity (Wildman–Crippen MR) is 160 cm³/mol. The zero-order valence-corrected chi connectivity index (χ0v) is 24.5. The van der Waals surface area contributed by atoms with Gasteiger partial charge < -0.3 is 15.1 Å². The first-order valence-electron chi connectivity index (χ1n) is 13.2. The van der Waals surface area contributed by atoms with E-state index in [9.17, 15) is 0 Å². The summed E-state index contributed by atoms with van der Waals surface area (Å²) >= 11 is 7.55. The minimum absolute atomic E-state index is 0.510. The number of benzene rings is 2. The van der Waals surface area contributed by atoms with E-state index in [1.807, 2.05) is 22.7 Å². The van der Waals surface area contributed by atoms with Crippen molar-refractivity contribution in [2.45, 2.75) is 30.6 Å². The monoisotopic (exact) mass is 579 g/mol. The molecule has 4 aliphatic rings. The molecule has 6 heteroatoms. The summed E-state index contributed by atoms with van der Waals surface area (Å²) < 4.78 is 4.04. The van der Waals surface area contributed by atoms with Crippen LogP contribution in [0.15, 0.2) is 53.0 Å². The summed E-state index contributed by atoms with van der Waals surface area (Å²) in [5.41, 5.74) is 2.33. The van der Waals surface area contributed by atoms with E-state index in [2.05, 4.69) is 101 Å². The molecule has 4 fully saturated rings. The second-order valence-electron chi connectivity index (χ2n) is 11.6. The number of likely N-dealkylation sites (N-methyl/N-ethyl adjacent to an activating group) is 1. The molecule has 0 bridgehead atoms. The largest absolute Gasteiger partial charge is 0.378 e. The summed E-state index contributed by atoms with van der Waals surface area (Å²) in [4.78, 5) is 8.02. The molecule has 0 spiro atoms. The number of fused-ring (bicyclic) bond motifs is 4. The normalized spacial score (nSPS) is 30.2. The lowest BCUT2D eigenvalue weighted by Crippen LogP contribution is -2.25. The minimum Gasteiger partial charge on any atom is -0.378 e. The molecule has 2 saturated carbocycles. The average Bonchev–Trinajstić information content (AvgIpc) is 3.40. The first kappa shape index (κ1) is 23.7. The van der Waals surface area contributed by atoms with E-state index in [4.69, 9.17) is 0 Å². The van der Waals surface area contributed by atoms with E-state index in [0.29, 0.717) is 10.8 Å². The molecule has 1 N–H and O–H groups in total. The first-order valence-corrected chi connectivity index (χ1v) is 15.7. The Bertz CT molecular complexity index is 1460. The summed E-state index contributed by atoms with van der Waals surface area (Å²) in [6.07, 6.45) is 2.81. The number of anilines is 1. The van der Waals surface area contributed by atoms with Gasteiger partial charge in [-0.3, -0.25) is 0 Å². The smallest absolute Gasteiger partial charge is 0.0375 e. The lowest BCUT2D eigenvalue weighted by molar-refractivity contribution is 0.315. The minimum atomic E-state index is 0.510. The van der Waals surface area contributed by atoms with Crippen LogP contribution in [-0.2, 0) is 10.8 Å². The summed E-state index contributed by atoms with van der Waals surface area (Å²) in [6, 6.07) is 18.3. The third-order valence-electron chi connectivity index (χ3n) is 9.21. The fourth-order valence-corrected chi connectivity index (χ4v) is 9.98. The lowest BCUT2D eigenvalue weighted by atomic mass is 10.0. The molecule has 2 aliphatic heterocycles. The van der Waals surface area contributed by atoms with Gasteiger partial charge in [0.2, 0.25) is 0 Å². The number of nitrogens with one attached hydrogen (secondary N) is 1. The van der Waals surface area contributed by atoms with Gasteiger partial charge in [-0.25, -0.2) is 0 Å². The summed E-state index contributed by atoms with van der Waals surface area (Å²) in [5, 5.41) is 6.33. The van der Waals surface area contributed by atoms with Crippen LogP contribution in [0.4, 0.5) is 5.69 Å². The van der Waals surface area contributed by atoms with E-state index in [0.717, 1.165) is 11.8 Å². The Morgan fingerprint density at radius 2 is 1.64 bits per heavy atom. The second-order valence-corrected chi connectivity index (χ2v) is 14.7. The van der Waals surface area contributed by atoms with Crippen LogP contribution in [-0.4, -0.2) is 51.7 Å². The molecule has 8 rings (SSSR count). The summed E-state index contributed by atoms with van der Waals surface area (Å²) in [5.74, 6) is 1.83. The maximum absolute atomic E-state index is 3.54. The first-order chi connectivity index (χ1) is 17.4. The SMILES string of the molecule is Brc1ccc2cc(C34CNCC3C4)sc2c1.CCN1CC2CC2(c2cc3ccc(N(C)C)cc3s2)C1. The van der Waals surface area contributed by atoms with Crippen molar-refractivity contribution in [3.8, 4) is 0 Å². The van der Waals surface area contributed by atoms with Gasteiger partial charge in [-0.2, -0.15) is 0 Å². The highest BCUT2D eigenvalue weighted by Crippen LogP contribution is 2.61. The van der Waals surface area contributed by atoms with E-state index < -0.39 is 0 Å². The van der Waals surface area contributed by atoms with Crippen LogP contribution in [0.25, 0.3) is 20.2 Å². The Labute approximate surface area is 230 Å². The fraction of sp³-hybridized carbons (Fsp3) is 0.467. The molecule has 36 heavy (non-hydrogen) atoms. The highest BCUT2D eigenvalue weighted by Gasteiger charge is 2.61. The molecule has 2 aromatic heterocycles. The number of halogens is 1. The third kappa shape index (κ3) is 3.79. The molecule has 4 unspecified atom stereocenters. The van der Waals surface area contributed by atoms with Crippen molar-refractivity contribution in [1.29, 1.82) is 0 Å². The van der Waals surface area contributed by atoms with Gasteiger partial charge >= 0.3 is 0 Å². The number of thiophene rings is 2. The van der Waals surface area contributed by atoms with E-state index in [1.165, 1.54) is 75.9 Å². The van der Waals surface area contributed by atoms with Crippen molar-refractivity contribution in [3.63, 3.8) is 0 Å². The molecule has 4 heterocycles. The lowest BCUT2D eigenvalue weighted by Gasteiger charge is -2.17. The number of piperidine rings is 2. The van der Waals surface area contributed by atoms with Gasteiger partial charge in [-0.15, -0.1) is 22.7 Å². The third-order valence-corrected chi connectivity index (χ3v) is 12.3. The van der Waals surface area contributed by atoms with Crippen molar-refractivity contribution in [2.24, 2.45) is 11.8 Å². The van der Waals surface area contributed by atoms with Crippen molar-refractivity contribution >= 4 is 64.5 Å². The molecule has 4 aromatic rings. The van der Waals surface area contributed by atoms with Crippen LogP contribution >= 0.6 is 38.6 Å². The molecule has 4 atom stereocenters. The van der Waals surface area contributed by atoms with Gasteiger partial charge in [0, 0.05) is 73.9 Å². The van der Waals surface area contributed by atoms with Gasteiger partial charge in [0.1, 0.15) is 0 Å². The van der Waals surface area contributed by atoms with Crippen molar-refractivity contribution < 1.29 is 0 Å². The van der Waals surface area contributed by atoms with Crippen molar-refractivity contribution in [2.75, 3.05) is 51.7 Å². The van der Waals surface area contributed by atoms with Gasteiger partial charge in [-0.05, 0) is 84.9 Å². The van der Waals surface area contributed by atoms with Crippen LogP contribution in [0.5, 0.6) is 0 Å². The maximum Gasteiger partial charge on any atom is 0.0375 e. The number of likely N-dealkylation sites (tertiary alicyclic amines) is 1. The highest BCUT2D eigenvalue weighted by atomic mass is 79.9. The predicted octanol–water partition coefficient (Wildman–Crippen LogP) is 7.09. The Morgan fingerprint density at radius 3 is 2.28 bits per heavy atom. The number of hydrogen-bond donors (Lipinski definition) is 1. The summed E-state index contributed by atoms with van der Waals surface area (Å²) in [7, 11) is 4.22. The summed E-state index contributed by atoms with van der Waals surface area (Å²) in [6.45, 7) is 8.49. The van der Waals surface area contributed by atoms with Gasteiger partial charge in [-0.1, -0.05) is 35.0 Å². The Balaban J connectivity index is 0.000000125. The molecule has 0 radical (unpaired) electrons. The molecule has 2 saturated heterocycles. The zero-order chi connectivity index (χ0) is 24.7. The van der Waals surface area contributed by atoms with Crippen LogP contribution in [0.2, 0.25) is 0 Å². The average molecular weight is 581 g/mol. The van der Waals surface area contributed by atoms with Crippen LogP contribution in [0.3, 0.4) is 0 Å². The molecule has 2 aromatic carbocycles. The zero-order valence-electron chi connectivity index (χ0n) is 21.3. The highest BCUT2D eigenvalue weighted by molar-refractivity contribution is 9.10. The maximum atomic E-state index is 3.54. The standard InChI is InChI=1S/C17H22N2S.C13H12BrNS/c1-4-19-10-13-9-17(13,11-19)16-7-12-5-6-14(18(2)3)8-15(12)20-16;14-10-2-1-8-3-12(16-11(8)4-10)13-5-9(13)6-15-7-13/h5-8,13H,4,9-11H2,1-3H3;1-4,9,15H,5-7H2. The van der Waals surface area contributed by atoms with Crippen molar-refractivity contribution in [1.82, 2.24) is 10.2 Å². The topological polar surface area (TPSA) is 18.5 Å². The number of rotatable bonds is 4. The van der Waals surface area contributed by atoms with E-state index in [-0.39, 0.29) is 0 Å². The fourth-order valence-electron chi connectivity index (χ4n) is 6.73. The van der Waals surface area contributed by atoms with E-state index in [1.54, 1.807) is 9.75 Å². The molecule has 3 nitrogen and oxygen atoms in total. The van der Waals surface area contributed by atoms with Gasteiger partial charge in [0.15, 0.2) is 0 Å². The molecule has 188 valence electrons. The van der Waals surface area contributed by atoms with Crippen LogP contribution < -0.4 is 10.2 Å². The Morgan fingerprint density at radius 1 is 0.944 bits per heavy atom. The van der Waals surface area contributed by atoms with Crippen LogP contribution in [0.1, 0.15) is 29.5 Å². The quantitative estimate of drug-likeness (QED) is 0.278. The van der Waals surface area contributed by atoms with E-state index >= 15 is 0 Å². The Kier molecular flexibility index (Phi) is 5.61. The molecule has 0 amide bonds. The number of hydrogen-bond acceptors (Lipinski definition) is 5.